The molecule has 124 valence electrons. The van der Waals surface area contributed by atoms with Crippen LogP contribution in [0.25, 0.3) is 10.8 Å². The summed E-state index contributed by atoms with van der Waals surface area (Å²) in [5.74, 6) is -0.195. The fourth-order valence-corrected chi connectivity index (χ4v) is 3.10. The lowest BCUT2D eigenvalue weighted by molar-refractivity contribution is 0.0592. The van der Waals surface area contributed by atoms with Gasteiger partial charge in [0, 0.05) is 40.7 Å². The van der Waals surface area contributed by atoms with Crippen molar-refractivity contribution in [3.8, 4) is 0 Å². The third kappa shape index (κ3) is 2.66. The highest BCUT2D eigenvalue weighted by Gasteiger charge is 2.33. The zero-order valence-corrected chi connectivity index (χ0v) is 14.0. The van der Waals surface area contributed by atoms with Crippen LogP contribution >= 0.6 is 0 Å². The lowest BCUT2D eigenvalue weighted by Gasteiger charge is -2.29. The molecule has 0 fully saturated rings. The van der Waals surface area contributed by atoms with E-state index >= 15 is 0 Å². The smallest absolute Gasteiger partial charge is 0.261 e. The molecule has 1 N–H and O–H groups in total. The van der Waals surface area contributed by atoms with Crippen LogP contribution in [0.5, 0.6) is 0 Å². The van der Waals surface area contributed by atoms with Crippen molar-refractivity contribution in [3.63, 3.8) is 0 Å². The van der Waals surface area contributed by atoms with Gasteiger partial charge < -0.3 is 5.32 Å². The molecule has 1 heterocycles. The summed E-state index contributed by atoms with van der Waals surface area (Å²) in [5.41, 5.74) is 2.08. The molecule has 0 atom stereocenters. The van der Waals surface area contributed by atoms with Crippen LogP contribution < -0.4 is 5.32 Å². The van der Waals surface area contributed by atoms with Crippen LogP contribution in [-0.2, 0) is 0 Å². The van der Waals surface area contributed by atoms with Crippen LogP contribution in [0.3, 0.4) is 0 Å². The average molecular weight is 323 g/mol. The standard InChI is InChI=1S/C19H21N3O2/c1-12(2)11-22-18(23)14-6-4-5-13-16(21-10-9-20-3)8-7-15(17(13)14)19(22)24/h4-8,12,21H,3,9-11H2,1-2H3. The number of hydrogen-bond acceptors (Lipinski definition) is 4. The minimum absolute atomic E-state index is 0.211. The molecule has 1 aliphatic rings. The first-order chi connectivity index (χ1) is 11.5. The van der Waals surface area contributed by atoms with Gasteiger partial charge >= 0.3 is 0 Å². The van der Waals surface area contributed by atoms with Gasteiger partial charge in [0.25, 0.3) is 11.8 Å². The van der Waals surface area contributed by atoms with Crippen molar-refractivity contribution < 1.29 is 9.59 Å². The average Bonchev–Trinajstić information content (AvgIpc) is 2.57. The molecule has 3 rings (SSSR count). The van der Waals surface area contributed by atoms with Gasteiger partial charge in [-0.2, -0.15) is 0 Å². The molecule has 2 amide bonds. The molecule has 2 aromatic carbocycles. The van der Waals surface area contributed by atoms with Gasteiger partial charge in [0.15, 0.2) is 0 Å². The first kappa shape index (κ1) is 16.2. The van der Waals surface area contributed by atoms with Crippen molar-refractivity contribution in [1.29, 1.82) is 0 Å². The summed E-state index contributed by atoms with van der Waals surface area (Å²) in [5, 5.41) is 4.92. The summed E-state index contributed by atoms with van der Waals surface area (Å²) in [6.45, 7) is 9.15. The zero-order valence-electron chi connectivity index (χ0n) is 14.0. The van der Waals surface area contributed by atoms with Crippen LogP contribution in [0.2, 0.25) is 0 Å². The Morgan fingerprint density at radius 2 is 1.83 bits per heavy atom. The molecule has 0 saturated heterocycles. The number of hydrogen-bond donors (Lipinski definition) is 1. The van der Waals surface area contributed by atoms with Crippen LogP contribution in [0.4, 0.5) is 5.69 Å². The predicted molar refractivity (Wildman–Crippen MR) is 97.1 cm³/mol. The number of carbonyl (C=O) groups is 2. The van der Waals surface area contributed by atoms with Gasteiger partial charge in [-0.1, -0.05) is 26.0 Å². The van der Waals surface area contributed by atoms with E-state index < -0.39 is 0 Å². The molecule has 5 nitrogen and oxygen atoms in total. The van der Waals surface area contributed by atoms with E-state index in [1.54, 1.807) is 12.1 Å². The molecule has 0 unspecified atom stereocenters. The number of carbonyl (C=O) groups excluding carboxylic acids is 2. The number of rotatable bonds is 6. The molecule has 1 aliphatic heterocycles. The van der Waals surface area contributed by atoms with Crippen LogP contribution in [-0.4, -0.2) is 43.1 Å². The Morgan fingerprint density at radius 3 is 2.50 bits per heavy atom. The molecule has 2 aromatic rings. The van der Waals surface area contributed by atoms with E-state index in [0.29, 0.717) is 30.8 Å². The second-order valence-corrected chi connectivity index (χ2v) is 6.38. The van der Waals surface area contributed by atoms with Gasteiger partial charge in [-0.05, 0) is 30.8 Å². The molecule has 0 radical (unpaired) electrons. The molecule has 24 heavy (non-hydrogen) atoms. The minimum atomic E-state index is -0.211. The van der Waals surface area contributed by atoms with E-state index in [2.05, 4.69) is 17.0 Å². The maximum atomic E-state index is 12.8. The maximum absolute atomic E-state index is 12.8. The van der Waals surface area contributed by atoms with Gasteiger partial charge in [0.1, 0.15) is 0 Å². The monoisotopic (exact) mass is 323 g/mol. The lowest BCUT2D eigenvalue weighted by Crippen LogP contribution is -2.42. The van der Waals surface area contributed by atoms with E-state index in [-0.39, 0.29) is 17.7 Å². The highest BCUT2D eigenvalue weighted by molar-refractivity contribution is 6.26. The quantitative estimate of drug-likeness (QED) is 0.504. The molecular weight excluding hydrogens is 302 g/mol. The topological polar surface area (TPSA) is 61.8 Å². The molecule has 0 saturated carbocycles. The first-order valence-corrected chi connectivity index (χ1v) is 8.13. The number of amides is 2. The van der Waals surface area contributed by atoms with Gasteiger partial charge in [-0.25, -0.2) is 0 Å². The molecule has 5 heteroatoms. The molecule has 0 aromatic heterocycles. The van der Waals surface area contributed by atoms with E-state index in [1.165, 1.54) is 4.90 Å². The third-order valence-electron chi connectivity index (χ3n) is 4.12. The Morgan fingerprint density at radius 1 is 1.12 bits per heavy atom. The second kappa shape index (κ2) is 6.43. The number of nitrogens with one attached hydrogen (secondary N) is 1. The normalized spacial score (nSPS) is 13.7. The SMILES string of the molecule is C=NCCNc1ccc2c3c(cccc13)C(=O)N(CC(C)C)C2=O. The third-order valence-corrected chi connectivity index (χ3v) is 4.12. The molecular formula is C19H21N3O2. The van der Waals surface area contributed by atoms with Crippen LogP contribution in [0, 0.1) is 5.92 Å². The Balaban J connectivity index is 2.11. The van der Waals surface area contributed by atoms with Gasteiger partial charge in [-0.15, -0.1) is 0 Å². The summed E-state index contributed by atoms with van der Waals surface area (Å²) in [6.07, 6.45) is 0. The Kier molecular flexibility index (Phi) is 4.34. The molecule has 0 aliphatic carbocycles. The largest absolute Gasteiger partial charge is 0.383 e. The highest BCUT2D eigenvalue weighted by Crippen LogP contribution is 2.34. The van der Waals surface area contributed by atoms with Crippen LogP contribution in [0.1, 0.15) is 34.6 Å². The molecule has 0 spiro atoms. The fraction of sp³-hybridized carbons (Fsp3) is 0.316. The van der Waals surface area contributed by atoms with E-state index in [4.69, 9.17) is 0 Å². The minimum Gasteiger partial charge on any atom is -0.383 e. The zero-order chi connectivity index (χ0) is 17.3. The van der Waals surface area contributed by atoms with Gasteiger partial charge in [0.2, 0.25) is 0 Å². The van der Waals surface area contributed by atoms with Crippen molar-refractivity contribution in [2.24, 2.45) is 10.9 Å². The number of imide groups is 1. The highest BCUT2D eigenvalue weighted by atomic mass is 16.2. The maximum Gasteiger partial charge on any atom is 0.261 e. The van der Waals surface area contributed by atoms with E-state index in [0.717, 1.165) is 16.5 Å². The lowest BCUT2D eigenvalue weighted by atomic mass is 9.92. The Hall–Kier alpha value is -2.69. The summed E-state index contributed by atoms with van der Waals surface area (Å²) >= 11 is 0. The first-order valence-electron chi connectivity index (χ1n) is 8.13. The van der Waals surface area contributed by atoms with Crippen LogP contribution in [0.15, 0.2) is 35.3 Å². The predicted octanol–water partition coefficient (Wildman–Crippen LogP) is 3.20. The summed E-state index contributed by atoms with van der Waals surface area (Å²) in [7, 11) is 0. The Labute approximate surface area is 141 Å². The van der Waals surface area contributed by atoms with Crippen molar-refractivity contribution >= 4 is 35.0 Å². The van der Waals surface area contributed by atoms with Crippen molar-refractivity contribution in [2.45, 2.75) is 13.8 Å². The fourth-order valence-electron chi connectivity index (χ4n) is 3.10. The van der Waals surface area contributed by atoms with Gasteiger partial charge in [0.05, 0.1) is 6.54 Å². The van der Waals surface area contributed by atoms with E-state index in [1.807, 2.05) is 32.0 Å². The number of aliphatic imine (C=N–C) groups is 1. The van der Waals surface area contributed by atoms with Gasteiger partial charge in [-0.3, -0.25) is 19.5 Å². The number of benzene rings is 2. The van der Waals surface area contributed by atoms with E-state index in [9.17, 15) is 9.59 Å². The Bertz CT molecular complexity index is 804. The number of nitrogens with zero attached hydrogens (tertiary/aromatic N) is 2. The summed E-state index contributed by atoms with van der Waals surface area (Å²) in [6, 6.07) is 9.29. The summed E-state index contributed by atoms with van der Waals surface area (Å²) < 4.78 is 0. The second-order valence-electron chi connectivity index (χ2n) is 6.38. The van der Waals surface area contributed by atoms with Crippen molar-refractivity contribution in [2.75, 3.05) is 25.0 Å². The molecule has 0 bridgehead atoms. The number of anilines is 1. The van der Waals surface area contributed by atoms with Crippen molar-refractivity contribution in [3.05, 3.63) is 41.5 Å². The summed E-state index contributed by atoms with van der Waals surface area (Å²) in [4.78, 5) is 30.7. The van der Waals surface area contributed by atoms with Crippen molar-refractivity contribution in [1.82, 2.24) is 4.90 Å².